The molecule has 0 aromatic carbocycles. The number of rotatable bonds is 5. The molecule has 1 atom stereocenters. The van der Waals surface area contributed by atoms with Gasteiger partial charge in [0.25, 0.3) is 0 Å². The van der Waals surface area contributed by atoms with Gasteiger partial charge in [0.1, 0.15) is 11.7 Å². The van der Waals surface area contributed by atoms with E-state index in [4.69, 9.17) is 10.9 Å². The standard InChI is InChI=1S/C12H16N4OS/c1-2-9(8-11(13)15-17)16-6-5-14-12(16)10-4-3-7-18-10/h3-7,9,17H,2,8H2,1H3,(H2,13,15). The summed E-state index contributed by atoms with van der Waals surface area (Å²) in [5.41, 5.74) is 5.59. The molecule has 2 heterocycles. The van der Waals surface area contributed by atoms with Crippen molar-refractivity contribution in [1.29, 1.82) is 0 Å². The molecule has 2 rings (SSSR count). The summed E-state index contributed by atoms with van der Waals surface area (Å²) < 4.78 is 2.09. The van der Waals surface area contributed by atoms with Gasteiger partial charge in [-0.2, -0.15) is 0 Å². The second kappa shape index (κ2) is 5.68. The first-order valence-electron chi connectivity index (χ1n) is 5.79. The number of imidazole rings is 1. The topological polar surface area (TPSA) is 76.4 Å². The Bertz CT molecular complexity index is 518. The predicted octanol–water partition coefficient (Wildman–Crippen LogP) is 2.70. The molecule has 96 valence electrons. The highest BCUT2D eigenvalue weighted by Crippen LogP contribution is 2.27. The van der Waals surface area contributed by atoms with Crippen LogP contribution in [0, 0.1) is 0 Å². The molecule has 18 heavy (non-hydrogen) atoms. The fourth-order valence-corrected chi connectivity index (χ4v) is 2.65. The molecule has 0 fully saturated rings. The van der Waals surface area contributed by atoms with Crippen LogP contribution in [0.15, 0.2) is 35.1 Å². The summed E-state index contributed by atoms with van der Waals surface area (Å²) in [5, 5.41) is 13.7. The second-order valence-corrected chi connectivity index (χ2v) is 4.94. The number of nitrogens with zero attached hydrogens (tertiary/aromatic N) is 3. The second-order valence-electron chi connectivity index (χ2n) is 3.99. The number of thiophene rings is 1. The molecule has 0 saturated carbocycles. The monoisotopic (exact) mass is 264 g/mol. The van der Waals surface area contributed by atoms with Crippen molar-refractivity contribution in [1.82, 2.24) is 9.55 Å². The average molecular weight is 264 g/mol. The Morgan fingerprint density at radius 3 is 3.11 bits per heavy atom. The highest BCUT2D eigenvalue weighted by molar-refractivity contribution is 7.13. The van der Waals surface area contributed by atoms with Gasteiger partial charge < -0.3 is 15.5 Å². The van der Waals surface area contributed by atoms with Gasteiger partial charge in [0.15, 0.2) is 0 Å². The molecule has 0 amide bonds. The third kappa shape index (κ3) is 2.53. The first kappa shape index (κ1) is 12.6. The van der Waals surface area contributed by atoms with Crippen LogP contribution >= 0.6 is 11.3 Å². The smallest absolute Gasteiger partial charge is 0.150 e. The molecule has 2 aromatic heterocycles. The van der Waals surface area contributed by atoms with Crippen LogP contribution in [-0.2, 0) is 0 Å². The molecule has 0 aliphatic rings. The van der Waals surface area contributed by atoms with Crippen LogP contribution in [0.4, 0.5) is 0 Å². The van der Waals surface area contributed by atoms with Gasteiger partial charge in [0.2, 0.25) is 0 Å². The van der Waals surface area contributed by atoms with Crippen LogP contribution in [0.5, 0.6) is 0 Å². The van der Waals surface area contributed by atoms with E-state index in [9.17, 15) is 0 Å². The maximum Gasteiger partial charge on any atom is 0.150 e. The quantitative estimate of drug-likeness (QED) is 0.377. The zero-order valence-electron chi connectivity index (χ0n) is 10.2. The zero-order chi connectivity index (χ0) is 13.0. The molecular weight excluding hydrogens is 248 g/mol. The molecule has 2 aromatic rings. The van der Waals surface area contributed by atoms with E-state index in [1.165, 1.54) is 0 Å². The molecule has 0 spiro atoms. The lowest BCUT2D eigenvalue weighted by atomic mass is 10.1. The summed E-state index contributed by atoms with van der Waals surface area (Å²) in [6.45, 7) is 2.08. The molecule has 5 nitrogen and oxygen atoms in total. The lowest BCUT2D eigenvalue weighted by Crippen LogP contribution is -2.19. The molecule has 0 saturated heterocycles. The van der Waals surface area contributed by atoms with Gasteiger partial charge in [-0.25, -0.2) is 4.98 Å². The van der Waals surface area contributed by atoms with Crippen molar-refractivity contribution in [3.8, 4) is 10.7 Å². The van der Waals surface area contributed by atoms with Gasteiger partial charge in [-0.1, -0.05) is 18.1 Å². The van der Waals surface area contributed by atoms with Gasteiger partial charge in [-0.15, -0.1) is 11.3 Å². The van der Waals surface area contributed by atoms with E-state index in [1.54, 1.807) is 17.5 Å². The van der Waals surface area contributed by atoms with Crippen molar-refractivity contribution in [3.63, 3.8) is 0 Å². The lowest BCUT2D eigenvalue weighted by Gasteiger charge is -2.18. The minimum absolute atomic E-state index is 0.153. The van der Waals surface area contributed by atoms with Crippen LogP contribution in [0.2, 0.25) is 0 Å². The van der Waals surface area contributed by atoms with E-state index in [0.29, 0.717) is 6.42 Å². The predicted molar refractivity (Wildman–Crippen MR) is 72.9 cm³/mol. The largest absolute Gasteiger partial charge is 0.409 e. The van der Waals surface area contributed by atoms with Crippen LogP contribution in [0.25, 0.3) is 10.7 Å². The van der Waals surface area contributed by atoms with Gasteiger partial charge in [-0.3, -0.25) is 0 Å². The molecule has 3 N–H and O–H groups in total. The normalized spacial score (nSPS) is 13.7. The van der Waals surface area contributed by atoms with Crippen molar-refractivity contribution in [2.45, 2.75) is 25.8 Å². The van der Waals surface area contributed by atoms with Crippen molar-refractivity contribution in [2.24, 2.45) is 10.9 Å². The van der Waals surface area contributed by atoms with Crippen molar-refractivity contribution < 1.29 is 5.21 Å². The van der Waals surface area contributed by atoms with Crippen molar-refractivity contribution in [3.05, 3.63) is 29.9 Å². The SMILES string of the molecule is CCC(CC(N)=NO)n1ccnc1-c1cccs1. The Balaban J connectivity index is 2.29. The number of oxime groups is 1. The maximum atomic E-state index is 8.67. The Labute approximate surface area is 110 Å². The van der Waals surface area contributed by atoms with E-state index >= 15 is 0 Å². The van der Waals surface area contributed by atoms with Crippen LogP contribution in [-0.4, -0.2) is 20.6 Å². The first-order valence-corrected chi connectivity index (χ1v) is 6.67. The summed E-state index contributed by atoms with van der Waals surface area (Å²) >= 11 is 1.65. The fraction of sp³-hybridized carbons (Fsp3) is 0.333. The van der Waals surface area contributed by atoms with Crippen LogP contribution in [0.3, 0.4) is 0 Å². The molecular formula is C12H16N4OS. The Morgan fingerprint density at radius 1 is 1.67 bits per heavy atom. The molecule has 0 aliphatic carbocycles. The third-order valence-corrected chi connectivity index (χ3v) is 3.71. The molecule has 1 unspecified atom stereocenters. The number of aromatic nitrogens is 2. The Kier molecular flexibility index (Phi) is 3.99. The molecule has 0 bridgehead atoms. The fourth-order valence-electron chi connectivity index (χ4n) is 1.93. The van der Waals surface area contributed by atoms with Gasteiger partial charge >= 0.3 is 0 Å². The van der Waals surface area contributed by atoms with Gasteiger partial charge in [0, 0.05) is 24.9 Å². The lowest BCUT2D eigenvalue weighted by molar-refractivity contribution is 0.315. The summed E-state index contributed by atoms with van der Waals surface area (Å²) in [6.07, 6.45) is 5.13. The van der Waals surface area contributed by atoms with Crippen molar-refractivity contribution in [2.75, 3.05) is 0 Å². The zero-order valence-corrected chi connectivity index (χ0v) is 11.0. The number of hydrogen-bond donors (Lipinski definition) is 2. The Morgan fingerprint density at radius 2 is 2.50 bits per heavy atom. The molecule has 6 heteroatoms. The first-order chi connectivity index (χ1) is 8.76. The minimum atomic E-state index is 0.153. The van der Waals surface area contributed by atoms with E-state index in [-0.39, 0.29) is 11.9 Å². The summed E-state index contributed by atoms with van der Waals surface area (Å²) in [6, 6.07) is 4.20. The van der Waals surface area contributed by atoms with E-state index in [2.05, 4.69) is 21.6 Å². The van der Waals surface area contributed by atoms with Crippen LogP contribution in [0.1, 0.15) is 25.8 Å². The summed E-state index contributed by atoms with van der Waals surface area (Å²) in [5.74, 6) is 1.18. The summed E-state index contributed by atoms with van der Waals surface area (Å²) in [7, 11) is 0. The minimum Gasteiger partial charge on any atom is -0.409 e. The van der Waals surface area contributed by atoms with Crippen molar-refractivity contribution >= 4 is 17.2 Å². The number of nitrogens with two attached hydrogens (primary N) is 1. The Hall–Kier alpha value is -1.82. The van der Waals surface area contributed by atoms with E-state index < -0.39 is 0 Å². The molecule has 0 aliphatic heterocycles. The summed E-state index contributed by atoms with van der Waals surface area (Å²) in [4.78, 5) is 5.51. The number of amidine groups is 1. The molecule has 0 radical (unpaired) electrons. The maximum absolute atomic E-state index is 8.67. The average Bonchev–Trinajstić information content (AvgIpc) is 3.04. The van der Waals surface area contributed by atoms with E-state index in [1.807, 2.05) is 23.7 Å². The highest BCUT2D eigenvalue weighted by atomic mass is 32.1. The highest BCUT2D eigenvalue weighted by Gasteiger charge is 2.16. The number of hydrogen-bond acceptors (Lipinski definition) is 4. The van der Waals surface area contributed by atoms with Crippen LogP contribution < -0.4 is 5.73 Å². The van der Waals surface area contributed by atoms with Gasteiger partial charge in [-0.05, 0) is 17.9 Å². The third-order valence-electron chi connectivity index (χ3n) is 2.85. The van der Waals surface area contributed by atoms with Gasteiger partial charge in [0.05, 0.1) is 4.88 Å². The van der Waals surface area contributed by atoms with E-state index in [0.717, 1.165) is 17.1 Å².